The van der Waals surface area contributed by atoms with Crippen molar-refractivity contribution in [3.8, 4) is 0 Å². The highest BCUT2D eigenvalue weighted by Crippen LogP contribution is 2.22. The van der Waals surface area contributed by atoms with Crippen molar-refractivity contribution in [2.24, 2.45) is 5.92 Å². The van der Waals surface area contributed by atoms with E-state index < -0.39 is 22.0 Å². The Morgan fingerprint density at radius 3 is 2.38 bits per heavy atom. The first-order chi connectivity index (χ1) is 11.2. The van der Waals surface area contributed by atoms with Crippen molar-refractivity contribution in [1.82, 2.24) is 9.21 Å². The van der Waals surface area contributed by atoms with E-state index in [0.29, 0.717) is 24.5 Å². The number of piperazine rings is 1. The molecule has 0 aromatic heterocycles. The van der Waals surface area contributed by atoms with Crippen LogP contribution in [-0.4, -0.2) is 60.9 Å². The molecule has 2 rings (SSSR count). The van der Waals surface area contributed by atoms with Gasteiger partial charge in [0.25, 0.3) is 0 Å². The van der Waals surface area contributed by atoms with E-state index in [0.717, 1.165) is 0 Å². The maximum atomic E-state index is 12.7. The van der Waals surface area contributed by atoms with Gasteiger partial charge in [0.05, 0.1) is 4.90 Å². The van der Waals surface area contributed by atoms with Gasteiger partial charge >= 0.3 is 5.97 Å². The summed E-state index contributed by atoms with van der Waals surface area (Å²) in [4.78, 5) is 13.5. The van der Waals surface area contributed by atoms with Crippen LogP contribution in [0.15, 0.2) is 29.2 Å². The highest BCUT2D eigenvalue weighted by atomic mass is 35.5. The van der Waals surface area contributed by atoms with Crippen molar-refractivity contribution in [3.63, 3.8) is 0 Å². The first-order valence-corrected chi connectivity index (χ1v) is 9.76. The smallest absolute Gasteiger partial charge is 0.320 e. The molecule has 1 saturated heterocycles. The van der Waals surface area contributed by atoms with E-state index in [1.54, 1.807) is 12.1 Å². The van der Waals surface area contributed by atoms with E-state index in [-0.39, 0.29) is 23.9 Å². The molecule has 1 fully saturated rings. The van der Waals surface area contributed by atoms with Crippen molar-refractivity contribution in [3.05, 3.63) is 29.3 Å². The van der Waals surface area contributed by atoms with E-state index in [1.165, 1.54) is 16.4 Å². The van der Waals surface area contributed by atoms with Gasteiger partial charge in [-0.2, -0.15) is 4.31 Å². The number of halogens is 1. The number of benzene rings is 1. The number of carboxylic acid groups (broad SMARTS) is 1. The van der Waals surface area contributed by atoms with Crippen LogP contribution in [-0.2, 0) is 14.8 Å². The van der Waals surface area contributed by atoms with E-state index in [9.17, 15) is 18.3 Å². The molecule has 0 radical (unpaired) electrons. The molecule has 0 aliphatic carbocycles. The molecule has 1 aliphatic rings. The van der Waals surface area contributed by atoms with Gasteiger partial charge in [-0.1, -0.05) is 31.5 Å². The van der Waals surface area contributed by atoms with Crippen LogP contribution < -0.4 is 0 Å². The molecule has 0 bridgehead atoms. The molecule has 1 aromatic rings. The summed E-state index contributed by atoms with van der Waals surface area (Å²) in [6, 6.07) is 5.62. The summed E-state index contributed by atoms with van der Waals surface area (Å²) in [6.07, 6.45) is 0.552. The molecule has 1 aliphatic heterocycles. The maximum Gasteiger partial charge on any atom is 0.320 e. The second-order valence-electron chi connectivity index (χ2n) is 6.38. The first kappa shape index (κ1) is 19.2. The quantitative estimate of drug-likeness (QED) is 0.825. The number of aliphatic carboxylic acids is 1. The molecule has 0 amide bonds. The van der Waals surface area contributed by atoms with Crippen molar-refractivity contribution in [1.29, 1.82) is 0 Å². The van der Waals surface area contributed by atoms with Gasteiger partial charge < -0.3 is 5.11 Å². The van der Waals surface area contributed by atoms with Crippen molar-refractivity contribution in [2.75, 3.05) is 26.2 Å². The Morgan fingerprint density at radius 1 is 1.25 bits per heavy atom. The highest BCUT2D eigenvalue weighted by molar-refractivity contribution is 7.89. The van der Waals surface area contributed by atoms with Crippen LogP contribution in [0.3, 0.4) is 0 Å². The Kier molecular flexibility index (Phi) is 6.25. The topological polar surface area (TPSA) is 77.9 Å². The lowest BCUT2D eigenvalue weighted by atomic mass is 10.0. The van der Waals surface area contributed by atoms with Gasteiger partial charge in [0.2, 0.25) is 10.0 Å². The van der Waals surface area contributed by atoms with Gasteiger partial charge in [-0.05, 0) is 30.5 Å². The lowest BCUT2D eigenvalue weighted by Crippen LogP contribution is -2.54. The SMILES string of the molecule is CC(C)CC(C(=O)O)N1CCN(S(=O)(=O)c2cccc(Cl)c2)CC1. The standard InChI is InChI=1S/C16H23ClN2O4S/c1-12(2)10-15(16(20)21)18-6-8-19(9-7-18)24(22,23)14-5-3-4-13(17)11-14/h3-5,11-12,15H,6-10H2,1-2H3,(H,20,21). The Labute approximate surface area is 148 Å². The van der Waals surface area contributed by atoms with Crippen molar-refractivity contribution < 1.29 is 18.3 Å². The predicted octanol–water partition coefficient (Wildman–Crippen LogP) is 2.15. The van der Waals surface area contributed by atoms with Gasteiger partial charge in [0.1, 0.15) is 6.04 Å². The lowest BCUT2D eigenvalue weighted by molar-refractivity contribution is -0.144. The van der Waals surface area contributed by atoms with Crippen LogP contribution in [0.5, 0.6) is 0 Å². The normalized spacial score (nSPS) is 18.7. The minimum Gasteiger partial charge on any atom is -0.480 e. The number of hydrogen-bond acceptors (Lipinski definition) is 4. The Balaban J connectivity index is 2.07. The lowest BCUT2D eigenvalue weighted by Gasteiger charge is -2.37. The van der Waals surface area contributed by atoms with Crippen molar-refractivity contribution >= 4 is 27.6 Å². The Bertz CT molecular complexity index is 685. The molecule has 1 aromatic carbocycles. The fourth-order valence-electron chi connectivity index (χ4n) is 2.88. The molecular formula is C16H23ClN2O4S. The highest BCUT2D eigenvalue weighted by Gasteiger charge is 2.33. The van der Waals surface area contributed by atoms with E-state index in [1.807, 2.05) is 18.7 Å². The molecule has 134 valence electrons. The molecule has 6 nitrogen and oxygen atoms in total. The minimum absolute atomic E-state index is 0.167. The fraction of sp³-hybridized carbons (Fsp3) is 0.562. The third kappa shape index (κ3) is 4.47. The fourth-order valence-corrected chi connectivity index (χ4v) is 4.61. The first-order valence-electron chi connectivity index (χ1n) is 7.94. The molecule has 0 saturated carbocycles. The summed E-state index contributed by atoms with van der Waals surface area (Å²) >= 11 is 5.88. The van der Waals surface area contributed by atoms with Crippen LogP contribution in [0.1, 0.15) is 20.3 Å². The summed E-state index contributed by atoms with van der Waals surface area (Å²) in [5.74, 6) is -0.589. The number of carbonyl (C=O) groups is 1. The molecule has 1 N–H and O–H groups in total. The van der Waals surface area contributed by atoms with Crippen LogP contribution in [0.25, 0.3) is 0 Å². The van der Waals surface area contributed by atoms with Gasteiger partial charge in [-0.25, -0.2) is 8.42 Å². The summed E-state index contributed by atoms with van der Waals surface area (Å²) in [7, 11) is -3.60. The zero-order chi connectivity index (χ0) is 17.9. The van der Waals surface area contributed by atoms with E-state index in [2.05, 4.69) is 0 Å². The Hall–Kier alpha value is -1.15. The number of sulfonamides is 1. The molecule has 8 heteroatoms. The second kappa shape index (κ2) is 7.82. The monoisotopic (exact) mass is 374 g/mol. The van der Waals surface area contributed by atoms with Crippen LogP contribution >= 0.6 is 11.6 Å². The molecule has 1 heterocycles. The third-order valence-electron chi connectivity index (χ3n) is 4.13. The molecule has 24 heavy (non-hydrogen) atoms. The average Bonchev–Trinajstić information content (AvgIpc) is 2.52. The molecule has 1 atom stereocenters. The number of carboxylic acids is 1. The van der Waals surface area contributed by atoms with E-state index in [4.69, 9.17) is 11.6 Å². The zero-order valence-electron chi connectivity index (χ0n) is 13.9. The summed E-state index contributed by atoms with van der Waals surface area (Å²) < 4.78 is 26.7. The molecular weight excluding hydrogens is 352 g/mol. The van der Waals surface area contributed by atoms with E-state index >= 15 is 0 Å². The Morgan fingerprint density at radius 2 is 1.88 bits per heavy atom. The largest absolute Gasteiger partial charge is 0.480 e. The summed E-state index contributed by atoms with van der Waals surface area (Å²) in [5, 5.41) is 9.79. The van der Waals surface area contributed by atoms with Crippen molar-refractivity contribution in [2.45, 2.75) is 31.2 Å². The van der Waals surface area contributed by atoms with Gasteiger partial charge in [0.15, 0.2) is 0 Å². The van der Waals surface area contributed by atoms with Gasteiger partial charge in [-0.3, -0.25) is 9.69 Å². The summed E-state index contributed by atoms with van der Waals surface area (Å²) in [5.41, 5.74) is 0. The predicted molar refractivity (Wildman–Crippen MR) is 92.7 cm³/mol. The van der Waals surface area contributed by atoms with Crippen LogP contribution in [0.2, 0.25) is 5.02 Å². The number of hydrogen-bond donors (Lipinski definition) is 1. The average molecular weight is 375 g/mol. The van der Waals surface area contributed by atoms with Crippen LogP contribution in [0.4, 0.5) is 0 Å². The number of rotatable bonds is 6. The van der Waals surface area contributed by atoms with Crippen LogP contribution in [0, 0.1) is 5.92 Å². The van der Waals surface area contributed by atoms with Gasteiger partial charge in [-0.15, -0.1) is 0 Å². The van der Waals surface area contributed by atoms with Gasteiger partial charge in [0, 0.05) is 31.2 Å². The second-order valence-corrected chi connectivity index (χ2v) is 8.76. The third-order valence-corrected chi connectivity index (χ3v) is 6.26. The maximum absolute atomic E-state index is 12.7. The summed E-state index contributed by atoms with van der Waals surface area (Å²) in [6.45, 7) is 5.33. The minimum atomic E-state index is -3.60. The number of nitrogens with zero attached hydrogens (tertiary/aromatic N) is 2. The zero-order valence-corrected chi connectivity index (χ0v) is 15.4. The molecule has 1 unspecified atom stereocenters. The molecule has 0 spiro atoms.